The fourth-order valence-electron chi connectivity index (χ4n) is 2.20. The number of nitrogens with one attached hydrogen (secondary N) is 1. The van der Waals surface area contributed by atoms with E-state index in [1.54, 1.807) is 11.3 Å². The van der Waals surface area contributed by atoms with E-state index in [2.05, 4.69) is 37.4 Å². The van der Waals surface area contributed by atoms with Gasteiger partial charge in [0.25, 0.3) is 0 Å². The Labute approximate surface area is 123 Å². The summed E-state index contributed by atoms with van der Waals surface area (Å²) in [4.78, 5) is 12.7. The summed E-state index contributed by atoms with van der Waals surface area (Å²) >= 11 is 1.56. The number of thiophene rings is 1. The lowest BCUT2D eigenvalue weighted by Crippen LogP contribution is -2.18. The molecule has 1 aromatic carbocycles. The monoisotopic (exact) mass is 289 g/mol. The van der Waals surface area contributed by atoms with Crippen molar-refractivity contribution in [2.45, 2.75) is 32.9 Å². The summed E-state index contributed by atoms with van der Waals surface area (Å²) in [7, 11) is 0. The first kappa shape index (κ1) is 14.8. The van der Waals surface area contributed by atoms with Gasteiger partial charge in [-0.1, -0.05) is 24.3 Å². The molecule has 0 aliphatic heterocycles. The summed E-state index contributed by atoms with van der Waals surface area (Å²) in [6, 6.07) is 12.5. The molecule has 0 saturated heterocycles. The van der Waals surface area contributed by atoms with Gasteiger partial charge in [-0.15, -0.1) is 11.3 Å². The molecule has 0 bridgehead atoms. The number of hydrogen-bond donors (Lipinski definition) is 2. The van der Waals surface area contributed by atoms with Crippen LogP contribution >= 0.6 is 11.3 Å². The minimum Gasteiger partial charge on any atom is -0.481 e. The van der Waals surface area contributed by atoms with E-state index in [0.717, 1.165) is 11.4 Å². The summed E-state index contributed by atoms with van der Waals surface area (Å²) in [5.74, 6) is -0.778. The molecule has 1 heterocycles. The topological polar surface area (TPSA) is 49.3 Å². The van der Waals surface area contributed by atoms with Crippen LogP contribution in [0.3, 0.4) is 0 Å². The highest BCUT2D eigenvalue weighted by Crippen LogP contribution is 2.20. The fourth-order valence-corrected chi connectivity index (χ4v) is 3.16. The second-order valence-corrected chi connectivity index (χ2v) is 6.15. The molecule has 1 aromatic heterocycles. The molecule has 0 fully saturated rings. The second kappa shape index (κ2) is 6.68. The molecule has 0 radical (unpaired) electrons. The van der Waals surface area contributed by atoms with Crippen LogP contribution in [0.5, 0.6) is 0 Å². The van der Waals surface area contributed by atoms with Crippen LogP contribution in [0.4, 0.5) is 0 Å². The number of rotatable bonds is 6. The molecule has 0 aliphatic carbocycles. The molecule has 20 heavy (non-hydrogen) atoms. The quantitative estimate of drug-likeness (QED) is 0.855. The number of aryl methyl sites for hydroxylation is 1. The Bertz CT molecular complexity index is 592. The number of benzene rings is 1. The maximum atomic E-state index is 10.7. The van der Waals surface area contributed by atoms with Gasteiger partial charge in [-0.3, -0.25) is 4.79 Å². The van der Waals surface area contributed by atoms with E-state index in [1.165, 1.54) is 16.0 Å². The second-order valence-electron chi connectivity index (χ2n) is 4.90. The molecular formula is C16H19NO2S. The minimum atomic E-state index is -0.778. The predicted octanol–water partition coefficient (Wildman–Crippen LogP) is 3.53. The van der Waals surface area contributed by atoms with Crippen LogP contribution < -0.4 is 5.32 Å². The molecule has 0 unspecified atom stereocenters. The molecule has 1 atom stereocenters. The molecule has 0 aliphatic rings. The lowest BCUT2D eigenvalue weighted by Gasteiger charge is -2.15. The Morgan fingerprint density at radius 2 is 1.95 bits per heavy atom. The Morgan fingerprint density at radius 1 is 1.25 bits per heavy atom. The van der Waals surface area contributed by atoms with Crippen molar-refractivity contribution >= 4 is 17.3 Å². The highest BCUT2D eigenvalue weighted by Gasteiger charge is 2.09. The Hall–Kier alpha value is -1.65. The molecule has 4 heteroatoms. The minimum absolute atomic E-state index is 0.109. The maximum absolute atomic E-state index is 10.7. The molecule has 2 N–H and O–H groups in total. The predicted molar refractivity (Wildman–Crippen MR) is 82.1 cm³/mol. The average Bonchev–Trinajstić information content (AvgIpc) is 2.83. The zero-order valence-corrected chi connectivity index (χ0v) is 12.5. The SMILES string of the molecule is Cc1ccccc1[C@H](C)NCc1ccc(CC(=O)O)s1. The standard InChI is InChI=1S/C16H19NO2S/c1-11-5-3-4-6-15(11)12(2)17-10-14-8-7-13(20-14)9-16(18)19/h3-8,12,17H,9-10H2,1-2H3,(H,18,19)/t12-/m0/s1. The molecule has 3 nitrogen and oxygen atoms in total. The van der Waals surface area contributed by atoms with Gasteiger partial charge in [-0.2, -0.15) is 0 Å². The first-order valence-corrected chi connectivity index (χ1v) is 7.46. The summed E-state index contributed by atoms with van der Waals surface area (Å²) in [5, 5.41) is 12.3. The third kappa shape index (κ3) is 3.92. The molecule has 0 saturated carbocycles. The molecular weight excluding hydrogens is 270 g/mol. The zero-order chi connectivity index (χ0) is 14.5. The third-order valence-corrected chi connectivity index (χ3v) is 4.37. The van der Waals surface area contributed by atoms with Gasteiger partial charge < -0.3 is 10.4 Å². The molecule has 2 aromatic rings. The highest BCUT2D eigenvalue weighted by atomic mass is 32.1. The number of carboxylic acid groups (broad SMARTS) is 1. The summed E-state index contributed by atoms with van der Waals surface area (Å²) in [6.07, 6.45) is 0.109. The Morgan fingerprint density at radius 3 is 2.65 bits per heavy atom. The number of carboxylic acids is 1. The molecule has 0 amide bonds. The lowest BCUT2D eigenvalue weighted by atomic mass is 10.0. The van der Waals surface area contributed by atoms with Crippen LogP contribution in [-0.4, -0.2) is 11.1 Å². The van der Waals surface area contributed by atoms with Gasteiger partial charge in [-0.25, -0.2) is 0 Å². The van der Waals surface area contributed by atoms with Gasteiger partial charge in [-0.05, 0) is 37.1 Å². The van der Waals surface area contributed by atoms with Gasteiger partial charge in [0.15, 0.2) is 0 Å². The zero-order valence-electron chi connectivity index (χ0n) is 11.7. The van der Waals surface area contributed by atoms with Crippen LogP contribution in [0.15, 0.2) is 36.4 Å². The van der Waals surface area contributed by atoms with Crippen LogP contribution in [0.25, 0.3) is 0 Å². The van der Waals surface area contributed by atoms with Gasteiger partial charge in [0.1, 0.15) is 0 Å². The highest BCUT2D eigenvalue weighted by molar-refractivity contribution is 7.12. The van der Waals surface area contributed by atoms with Crippen molar-refractivity contribution in [3.63, 3.8) is 0 Å². The van der Waals surface area contributed by atoms with Crippen LogP contribution in [0.2, 0.25) is 0 Å². The summed E-state index contributed by atoms with van der Waals surface area (Å²) < 4.78 is 0. The maximum Gasteiger partial charge on any atom is 0.308 e. The fraction of sp³-hybridized carbons (Fsp3) is 0.312. The van der Waals surface area contributed by atoms with E-state index < -0.39 is 5.97 Å². The molecule has 106 valence electrons. The summed E-state index contributed by atoms with van der Waals surface area (Å²) in [5.41, 5.74) is 2.58. The first-order chi connectivity index (χ1) is 9.56. The van der Waals surface area contributed by atoms with Crippen LogP contribution in [0, 0.1) is 6.92 Å². The van der Waals surface area contributed by atoms with Crippen molar-refractivity contribution in [1.29, 1.82) is 0 Å². The van der Waals surface area contributed by atoms with Crippen molar-refractivity contribution in [2.75, 3.05) is 0 Å². The van der Waals surface area contributed by atoms with E-state index in [4.69, 9.17) is 5.11 Å². The Balaban J connectivity index is 1.93. The lowest BCUT2D eigenvalue weighted by molar-refractivity contribution is -0.136. The van der Waals surface area contributed by atoms with E-state index in [-0.39, 0.29) is 12.5 Å². The smallest absolute Gasteiger partial charge is 0.308 e. The molecule has 0 spiro atoms. The van der Waals surface area contributed by atoms with Gasteiger partial charge >= 0.3 is 5.97 Å². The van der Waals surface area contributed by atoms with Crippen LogP contribution in [0.1, 0.15) is 33.8 Å². The number of hydrogen-bond acceptors (Lipinski definition) is 3. The van der Waals surface area contributed by atoms with Crippen molar-refractivity contribution < 1.29 is 9.90 Å². The summed E-state index contributed by atoms with van der Waals surface area (Å²) in [6.45, 7) is 5.03. The van der Waals surface area contributed by atoms with E-state index in [9.17, 15) is 4.79 Å². The Kier molecular flexibility index (Phi) is 4.93. The van der Waals surface area contributed by atoms with E-state index in [0.29, 0.717) is 0 Å². The average molecular weight is 289 g/mol. The van der Waals surface area contributed by atoms with Crippen molar-refractivity contribution in [2.24, 2.45) is 0 Å². The van der Waals surface area contributed by atoms with Gasteiger partial charge in [0.05, 0.1) is 6.42 Å². The third-order valence-electron chi connectivity index (χ3n) is 3.28. The molecule has 2 rings (SSSR count). The van der Waals surface area contributed by atoms with Crippen molar-refractivity contribution in [3.05, 3.63) is 57.3 Å². The van der Waals surface area contributed by atoms with Gasteiger partial charge in [0, 0.05) is 22.3 Å². The largest absolute Gasteiger partial charge is 0.481 e. The van der Waals surface area contributed by atoms with Crippen LogP contribution in [-0.2, 0) is 17.8 Å². The van der Waals surface area contributed by atoms with E-state index >= 15 is 0 Å². The van der Waals surface area contributed by atoms with Crippen molar-refractivity contribution in [1.82, 2.24) is 5.32 Å². The number of aliphatic carboxylic acids is 1. The normalized spacial score (nSPS) is 12.3. The first-order valence-electron chi connectivity index (χ1n) is 6.64. The van der Waals surface area contributed by atoms with Crippen molar-refractivity contribution in [3.8, 4) is 0 Å². The van der Waals surface area contributed by atoms with E-state index in [1.807, 2.05) is 18.2 Å². The number of carbonyl (C=O) groups is 1. The van der Waals surface area contributed by atoms with Gasteiger partial charge in [0.2, 0.25) is 0 Å².